The van der Waals surface area contributed by atoms with Gasteiger partial charge in [-0.2, -0.15) is 13.2 Å². The lowest BCUT2D eigenvalue weighted by Gasteiger charge is -2.22. The Morgan fingerprint density at radius 2 is 1.86 bits per heavy atom. The van der Waals surface area contributed by atoms with Crippen molar-refractivity contribution in [1.29, 1.82) is 0 Å². The van der Waals surface area contributed by atoms with Crippen LogP contribution < -0.4 is 15.6 Å². The highest BCUT2D eigenvalue weighted by Gasteiger charge is 2.50. The number of alkyl halides is 3. The molecule has 5 rings (SSSR count). The molecule has 37 heavy (non-hydrogen) atoms. The van der Waals surface area contributed by atoms with Crippen LogP contribution in [0.25, 0.3) is 16.7 Å². The van der Waals surface area contributed by atoms with Crippen molar-refractivity contribution in [3.63, 3.8) is 0 Å². The molecule has 1 aliphatic heterocycles. The standard InChI is InChI=1S/C24H19F5N4O4/c25-12-3-5-17(16(26)7-12)32-10-15(23(37)31-21(11-1-2-11)24(27,28)29)20(36)14-4-6-18(30-22(14)32)33-9-13(34)8-19(33)35/h3-7,10-11,13,21,34H,1-2,8-9H2,(H,31,37)/t13-,21?/m0/s1. The second kappa shape index (κ2) is 8.91. The molecule has 0 spiro atoms. The van der Waals surface area contributed by atoms with Gasteiger partial charge < -0.3 is 10.4 Å². The lowest BCUT2D eigenvalue weighted by Crippen LogP contribution is -2.48. The van der Waals surface area contributed by atoms with Gasteiger partial charge >= 0.3 is 6.18 Å². The fourth-order valence-corrected chi connectivity index (χ4v) is 4.39. The molecule has 2 atom stereocenters. The number of amides is 2. The van der Waals surface area contributed by atoms with Crippen molar-refractivity contribution < 1.29 is 36.6 Å². The van der Waals surface area contributed by atoms with E-state index in [1.807, 2.05) is 5.32 Å². The Morgan fingerprint density at radius 1 is 1.14 bits per heavy atom. The molecule has 2 aromatic heterocycles. The van der Waals surface area contributed by atoms with Crippen LogP contribution in [0.2, 0.25) is 0 Å². The number of aliphatic hydroxyl groups is 1. The number of carbonyl (C=O) groups excluding carboxylic acids is 2. The van der Waals surface area contributed by atoms with E-state index in [1.165, 1.54) is 12.1 Å². The fraction of sp³-hybridized carbons (Fsp3) is 0.333. The molecule has 1 aliphatic carbocycles. The summed E-state index contributed by atoms with van der Waals surface area (Å²) in [5.41, 5.74) is -2.23. The van der Waals surface area contributed by atoms with Gasteiger partial charge in [0.2, 0.25) is 11.3 Å². The SMILES string of the molecule is O=C(NC(C1CC1)C(F)(F)F)c1cn(-c2ccc(F)cc2F)c2nc(N3C[C@@H](O)CC3=O)ccc2c1=O. The lowest BCUT2D eigenvalue weighted by molar-refractivity contribution is -0.158. The molecule has 2 amide bonds. The monoisotopic (exact) mass is 522 g/mol. The van der Waals surface area contributed by atoms with Crippen LogP contribution in [0.5, 0.6) is 0 Å². The van der Waals surface area contributed by atoms with Crippen LogP contribution >= 0.6 is 0 Å². The first-order valence-electron chi connectivity index (χ1n) is 11.3. The molecule has 1 saturated carbocycles. The Balaban J connectivity index is 1.67. The van der Waals surface area contributed by atoms with Gasteiger partial charge in [0, 0.05) is 12.3 Å². The van der Waals surface area contributed by atoms with E-state index in [0.29, 0.717) is 6.07 Å². The number of benzene rings is 1. The van der Waals surface area contributed by atoms with Gasteiger partial charge in [-0.15, -0.1) is 0 Å². The van der Waals surface area contributed by atoms with Crippen LogP contribution in [0.4, 0.5) is 27.8 Å². The summed E-state index contributed by atoms with van der Waals surface area (Å²) in [4.78, 5) is 43.7. The number of pyridine rings is 2. The Labute approximate surface area is 205 Å². The van der Waals surface area contributed by atoms with Gasteiger partial charge in [-0.05, 0) is 43.0 Å². The highest BCUT2D eigenvalue weighted by molar-refractivity contribution is 5.99. The van der Waals surface area contributed by atoms with Crippen LogP contribution in [0.1, 0.15) is 29.6 Å². The summed E-state index contributed by atoms with van der Waals surface area (Å²) >= 11 is 0. The van der Waals surface area contributed by atoms with E-state index in [-0.39, 0.29) is 48.3 Å². The van der Waals surface area contributed by atoms with E-state index in [1.54, 1.807) is 0 Å². The zero-order valence-corrected chi connectivity index (χ0v) is 18.9. The zero-order valence-electron chi connectivity index (χ0n) is 18.9. The number of β-amino-alcohol motifs (C(OH)–C–C–N with tert-alkyl or cyclic N) is 1. The number of hydrogen-bond acceptors (Lipinski definition) is 5. The maximum atomic E-state index is 14.8. The number of halogens is 5. The third-order valence-corrected chi connectivity index (χ3v) is 6.36. The summed E-state index contributed by atoms with van der Waals surface area (Å²) in [6.45, 7) is -0.0764. The van der Waals surface area contributed by atoms with Gasteiger partial charge in [0.15, 0.2) is 5.65 Å². The van der Waals surface area contributed by atoms with E-state index in [4.69, 9.17) is 0 Å². The quantitative estimate of drug-likeness (QED) is 0.502. The summed E-state index contributed by atoms with van der Waals surface area (Å²) in [6.07, 6.45) is -4.46. The topological polar surface area (TPSA) is 105 Å². The molecule has 3 heterocycles. The Bertz CT molecular complexity index is 1480. The summed E-state index contributed by atoms with van der Waals surface area (Å²) in [5, 5.41) is 11.4. The Morgan fingerprint density at radius 3 is 2.46 bits per heavy atom. The molecule has 194 valence electrons. The maximum Gasteiger partial charge on any atom is 0.408 e. The minimum Gasteiger partial charge on any atom is -0.391 e. The Kier molecular flexibility index (Phi) is 5.97. The Hall–Kier alpha value is -3.87. The van der Waals surface area contributed by atoms with Gasteiger partial charge in [-0.3, -0.25) is 23.9 Å². The van der Waals surface area contributed by atoms with Gasteiger partial charge in [0.25, 0.3) is 5.91 Å². The molecule has 2 N–H and O–H groups in total. The molecule has 3 aromatic rings. The number of hydrogen-bond donors (Lipinski definition) is 2. The number of anilines is 1. The summed E-state index contributed by atoms with van der Waals surface area (Å²) in [5.74, 6) is -4.55. The van der Waals surface area contributed by atoms with Crippen LogP contribution in [-0.2, 0) is 4.79 Å². The average Bonchev–Trinajstić information content (AvgIpc) is 3.60. The van der Waals surface area contributed by atoms with E-state index in [9.17, 15) is 41.4 Å². The van der Waals surface area contributed by atoms with Gasteiger partial charge in [-0.25, -0.2) is 13.8 Å². The number of aromatic nitrogens is 2. The van der Waals surface area contributed by atoms with Crippen LogP contribution in [-0.4, -0.2) is 51.3 Å². The fourth-order valence-electron chi connectivity index (χ4n) is 4.39. The third-order valence-electron chi connectivity index (χ3n) is 6.36. The first kappa shape index (κ1) is 24.8. The average molecular weight is 522 g/mol. The second-order valence-electron chi connectivity index (χ2n) is 9.07. The first-order valence-corrected chi connectivity index (χ1v) is 11.3. The number of fused-ring (bicyclic) bond motifs is 1. The number of aliphatic hydroxyl groups excluding tert-OH is 1. The van der Waals surface area contributed by atoms with Crippen molar-refractivity contribution >= 4 is 28.7 Å². The highest BCUT2D eigenvalue weighted by Crippen LogP contribution is 2.40. The molecule has 1 unspecified atom stereocenters. The van der Waals surface area contributed by atoms with Gasteiger partial charge in [-0.1, -0.05) is 0 Å². The second-order valence-corrected chi connectivity index (χ2v) is 9.07. The number of nitrogens with one attached hydrogen (secondary N) is 1. The van der Waals surface area contributed by atoms with Crippen molar-refractivity contribution in [2.45, 2.75) is 37.6 Å². The third kappa shape index (κ3) is 4.66. The molecule has 13 heteroatoms. The van der Waals surface area contributed by atoms with Crippen LogP contribution in [0.15, 0.2) is 41.3 Å². The highest BCUT2D eigenvalue weighted by atomic mass is 19.4. The van der Waals surface area contributed by atoms with Crippen LogP contribution in [0.3, 0.4) is 0 Å². The lowest BCUT2D eigenvalue weighted by atomic mass is 10.1. The largest absolute Gasteiger partial charge is 0.408 e. The first-order chi connectivity index (χ1) is 17.4. The molecule has 1 saturated heterocycles. The predicted octanol–water partition coefficient (Wildman–Crippen LogP) is 2.83. The van der Waals surface area contributed by atoms with Crippen molar-refractivity contribution in [3.8, 4) is 5.69 Å². The minimum absolute atomic E-state index is 0.0211. The van der Waals surface area contributed by atoms with Gasteiger partial charge in [0.05, 0.1) is 30.1 Å². The van der Waals surface area contributed by atoms with Crippen LogP contribution in [0, 0.1) is 17.6 Å². The van der Waals surface area contributed by atoms with Crippen molar-refractivity contribution in [1.82, 2.24) is 14.9 Å². The van der Waals surface area contributed by atoms with Crippen molar-refractivity contribution in [2.75, 3.05) is 11.4 Å². The normalized spacial score (nSPS) is 18.9. The molecule has 2 fully saturated rings. The number of carbonyl (C=O) groups is 2. The molecule has 2 aliphatic rings. The summed E-state index contributed by atoms with van der Waals surface area (Å²) in [6, 6.07) is 2.80. The molecular weight excluding hydrogens is 503 g/mol. The molecular formula is C24H19F5N4O4. The molecule has 0 bridgehead atoms. The smallest absolute Gasteiger partial charge is 0.391 e. The number of nitrogens with zero attached hydrogens (tertiary/aromatic N) is 3. The predicted molar refractivity (Wildman–Crippen MR) is 120 cm³/mol. The van der Waals surface area contributed by atoms with E-state index < -0.39 is 58.7 Å². The van der Waals surface area contributed by atoms with Gasteiger partial charge in [0.1, 0.15) is 29.1 Å². The van der Waals surface area contributed by atoms with Crippen molar-refractivity contribution in [3.05, 3.63) is 63.9 Å². The van der Waals surface area contributed by atoms with E-state index in [2.05, 4.69) is 4.98 Å². The summed E-state index contributed by atoms with van der Waals surface area (Å²) in [7, 11) is 0. The molecule has 8 nitrogen and oxygen atoms in total. The minimum atomic E-state index is -4.74. The van der Waals surface area contributed by atoms with E-state index in [0.717, 1.165) is 27.8 Å². The molecule has 0 radical (unpaired) electrons. The summed E-state index contributed by atoms with van der Waals surface area (Å²) < 4.78 is 69.8. The maximum absolute atomic E-state index is 14.8. The molecule has 1 aromatic carbocycles. The number of rotatable bonds is 5. The van der Waals surface area contributed by atoms with E-state index >= 15 is 0 Å². The zero-order chi connectivity index (χ0) is 26.6. The van der Waals surface area contributed by atoms with Crippen molar-refractivity contribution in [2.24, 2.45) is 5.92 Å².